The molecule has 2 unspecified atom stereocenters. The number of Topliss-reactive ketones (excluding diaryl/α,β-unsaturated/α-hetero) is 1. The van der Waals surface area contributed by atoms with Gasteiger partial charge in [-0.15, -0.1) is 0 Å². The maximum atomic E-state index is 13.0. The molecule has 4 aliphatic heterocycles. The minimum Gasteiger partial charge on any atom is -0.508 e. The molecule has 4 heteroatoms. The Morgan fingerprint density at radius 1 is 1.14 bits per heavy atom. The van der Waals surface area contributed by atoms with Crippen LogP contribution in [-0.4, -0.2) is 46.9 Å². The van der Waals surface area contributed by atoms with Crippen LogP contribution in [-0.2, 0) is 4.79 Å². The average molecular weight is 300 g/mol. The number of ketones is 1. The Kier molecular flexibility index (Phi) is 2.94. The van der Waals surface area contributed by atoms with Crippen LogP contribution in [0.1, 0.15) is 38.4 Å². The smallest absolute Gasteiger partial charge is 0.150 e. The third-order valence-corrected chi connectivity index (χ3v) is 5.76. The Hall–Kier alpha value is -1.39. The molecule has 1 aromatic rings. The molecule has 22 heavy (non-hydrogen) atoms. The molecule has 4 bridgehead atoms. The summed E-state index contributed by atoms with van der Waals surface area (Å²) in [4.78, 5) is 18.0. The molecule has 0 radical (unpaired) electrons. The summed E-state index contributed by atoms with van der Waals surface area (Å²) in [6.07, 6.45) is 2.32. The monoisotopic (exact) mass is 300 g/mol. The Morgan fingerprint density at radius 2 is 1.73 bits per heavy atom. The number of phenolic OH excluding ortho intramolecular Hbond substituents is 1. The highest BCUT2D eigenvalue weighted by molar-refractivity contribution is 5.93. The van der Waals surface area contributed by atoms with Crippen molar-refractivity contribution in [3.05, 3.63) is 29.8 Å². The van der Waals surface area contributed by atoms with Gasteiger partial charge >= 0.3 is 0 Å². The summed E-state index contributed by atoms with van der Waals surface area (Å²) >= 11 is 0. The summed E-state index contributed by atoms with van der Waals surface area (Å²) < 4.78 is 0. The van der Waals surface area contributed by atoms with Gasteiger partial charge in [-0.05, 0) is 24.1 Å². The van der Waals surface area contributed by atoms with Crippen molar-refractivity contribution in [1.29, 1.82) is 0 Å². The van der Waals surface area contributed by atoms with E-state index in [1.165, 1.54) is 5.56 Å². The van der Waals surface area contributed by atoms with E-state index >= 15 is 0 Å². The molecule has 4 nitrogen and oxygen atoms in total. The summed E-state index contributed by atoms with van der Waals surface area (Å²) in [6.45, 7) is 7.81. The van der Waals surface area contributed by atoms with E-state index in [-0.39, 0.29) is 17.0 Å². The number of aromatic hydroxyl groups is 1. The second-order valence-electron chi connectivity index (χ2n) is 7.70. The van der Waals surface area contributed by atoms with Crippen molar-refractivity contribution in [2.75, 3.05) is 26.2 Å². The van der Waals surface area contributed by atoms with Gasteiger partial charge in [-0.25, -0.2) is 0 Å². The van der Waals surface area contributed by atoms with E-state index in [9.17, 15) is 9.90 Å². The number of rotatable bonds is 3. The van der Waals surface area contributed by atoms with Crippen molar-refractivity contribution in [1.82, 2.24) is 9.80 Å². The van der Waals surface area contributed by atoms with Crippen LogP contribution in [0.2, 0.25) is 0 Å². The molecule has 0 saturated carbocycles. The molecule has 1 aromatic carbocycles. The van der Waals surface area contributed by atoms with Crippen LogP contribution in [0.25, 0.3) is 0 Å². The Balaban J connectivity index is 1.71. The maximum absolute atomic E-state index is 13.0. The number of piperidine rings is 2. The van der Waals surface area contributed by atoms with E-state index < -0.39 is 0 Å². The number of carbonyl (C=O) groups excluding carboxylic acids is 1. The first-order chi connectivity index (χ1) is 10.5. The second kappa shape index (κ2) is 4.56. The minimum absolute atomic E-state index is 0.159. The summed E-state index contributed by atoms with van der Waals surface area (Å²) in [6, 6.07) is 7.55. The molecule has 1 N–H and O–H groups in total. The van der Waals surface area contributed by atoms with Gasteiger partial charge < -0.3 is 5.11 Å². The molecule has 0 amide bonds. The number of nitrogens with zero attached hydrogens (tertiary/aromatic N) is 2. The van der Waals surface area contributed by atoms with E-state index in [1.807, 2.05) is 12.1 Å². The highest BCUT2D eigenvalue weighted by Gasteiger charge is 2.63. The van der Waals surface area contributed by atoms with Crippen molar-refractivity contribution in [2.24, 2.45) is 10.8 Å². The predicted octanol–water partition coefficient (Wildman–Crippen LogP) is 2.40. The quantitative estimate of drug-likeness (QED) is 0.931. The molecule has 4 saturated heterocycles. The molecule has 118 valence electrons. The van der Waals surface area contributed by atoms with E-state index in [0.717, 1.165) is 39.0 Å². The van der Waals surface area contributed by atoms with E-state index in [1.54, 1.807) is 12.1 Å². The zero-order valence-electron chi connectivity index (χ0n) is 13.4. The molecular weight excluding hydrogens is 276 g/mol. The van der Waals surface area contributed by atoms with Gasteiger partial charge in [-0.2, -0.15) is 0 Å². The summed E-state index contributed by atoms with van der Waals surface area (Å²) in [5.74, 6) is 0.806. The van der Waals surface area contributed by atoms with Gasteiger partial charge in [0.25, 0.3) is 0 Å². The summed E-state index contributed by atoms with van der Waals surface area (Å²) in [5.41, 5.74) is 0.853. The number of carbonyl (C=O) groups is 1. The van der Waals surface area contributed by atoms with Crippen molar-refractivity contribution in [2.45, 2.75) is 32.9 Å². The highest BCUT2D eigenvalue weighted by Crippen LogP contribution is 2.53. The van der Waals surface area contributed by atoms with Crippen LogP contribution < -0.4 is 0 Å². The molecule has 4 heterocycles. The zero-order valence-corrected chi connectivity index (χ0v) is 13.4. The number of hydrogen-bond donors (Lipinski definition) is 1. The fourth-order valence-corrected chi connectivity index (χ4v) is 5.21. The van der Waals surface area contributed by atoms with Gasteiger partial charge in [0.2, 0.25) is 0 Å². The van der Waals surface area contributed by atoms with Crippen molar-refractivity contribution in [3.63, 3.8) is 0 Å². The molecule has 4 aliphatic rings. The van der Waals surface area contributed by atoms with Gasteiger partial charge in [-0.3, -0.25) is 14.6 Å². The van der Waals surface area contributed by atoms with Crippen molar-refractivity contribution >= 4 is 5.78 Å². The molecule has 0 spiro atoms. The zero-order chi connectivity index (χ0) is 15.5. The van der Waals surface area contributed by atoms with Crippen LogP contribution in [0, 0.1) is 10.8 Å². The largest absolute Gasteiger partial charge is 0.508 e. The van der Waals surface area contributed by atoms with Gasteiger partial charge in [0.15, 0.2) is 0 Å². The van der Waals surface area contributed by atoms with Crippen molar-refractivity contribution < 1.29 is 9.90 Å². The summed E-state index contributed by atoms with van der Waals surface area (Å²) in [7, 11) is 0. The maximum Gasteiger partial charge on any atom is 0.150 e. The van der Waals surface area contributed by atoms with Crippen molar-refractivity contribution in [3.8, 4) is 5.75 Å². The standard InChI is InChI=1S/C18H24N2O2/c1-3-8-18-11-19-9-17(2,16(18)22)10-20(12-18)15(19)13-4-6-14(21)7-5-13/h4-7,15,21H,3,8-12H2,1-2H3. The topological polar surface area (TPSA) is 43.8 Å². The van der Waals surface area contributed by atoms with E-state index in [2.05, 4.69) is 23.6 Å². The predicted molar refractivity (Wildman–Crippen MR) is 84.4 cm³/mol. The molecule has 4 fully saturated rings. The number of phenols is 1. The first-order valence-corrected chi connectivity index (χ1v) is 8.29. The summed E-state index contributed by atoms with van der Waals surface area (Å²) in [5, 5.41) is 9.52. The Labute approximate surface area is 131 Å². The van der Waals surface area contributed by atoms with Gasteiger partial charge in [0, 0.05) is 26.2 Å². The van der Waals surface area contributed by atoms with Crippen LogP contribution in [0.5, 0.6) is 5.75 Å². The molecule has 0 aromatic heterocycles. The lowest BCUT2D eigenvalue weighted by Crippen LogP contribution is -2.76. The number of benzene rings is 1. The second-order valence-corrected chi connectivity index (χ2v) is 7.70. The lowest BCUT2D eigenvalue weighted by molar-refractivity contribution is -0.201. The average Bonchev–Trinajstić information content (AvgIpc) is 2.45. The Morgan fingerprint density at radius 3 is 2.27 bits per heavy atom. The van der Waals surface area contributed by atoms with E-state index in [0.29, 0.717) is 11.5 Å². The Bertz CT molecular complexity index is 594. The van der Waals surface area contributed by atoms with Gasteiger partial charge in [-0.1, -0.05) is 32.4 Å². The van der Waals surface area contributed by atoms with Gasteiger partial charge in [0.1, 0.15) is 11.5 Å². The highest BCUT2D eigenvalue weighted by atomic mass is 16.3. The normalized spacial score (nSPS) is 42.8. The molecule has 0 aliphatic carbocycles. The minimum atomic E-state index is -0.209. The van der Waals surface area contributed by atoms with Crippen LogP contribution in [0.15, 0.2) is 24.3 Å². The third-order valence-electron chi connectivity index (χ3n) is 5.76. The SMILES string of the molecule is CCCC12CN3CC(C)(CN(C1)C3c1ccc(O)cc1)C2=O. The third kappa shape index (κ3) is 1.80. The lowest BCUT2D eigenvalue weighted by atomic mass is 9.59. The fourth-order valence-electron chi connectivity index (χ4n) is 5.21. The van der Waals surface area contributed by atoms with E-state index in [4.69, 9.17) is 0 Å². The first kappa shape index (κ1) is 14.2. The van der Waals surface area contributed by atoms with Crippen LogP contribution >= 0.6 is 0 Å². The number of hydrogen-bond acceptors (Lipinski definition) is 4. The van der Waals surface area contributed by atoms with Crippen LogP contribution in [0.4, 0.5) is 0 Å². The molecule has 2 atom stereocenters. The molecular formula is C18H24N2O2. The first-order valence-electron chi connectivity index (χ1n) is 8.29. The molecule has 5 rings (SSSR count). The van der Waals surface area contributed by atoms with Crippen LogP contribution in [0.3, 0.4) is 0 Å². The van der Waals surface area contributed by atoms with Gasteiger partial charge in [0.05, 0.1) is 17.0 Å². The fraction of sp³-hybridized carbons (Fsp3) is 0.611. The lowest BCUT2D eigenvalue weighted by Gasteiger charge is -2.65.